The number of fused-ring (bicyclic) bond motifs is 2. The number of rotatable bonds is 4. The largest absolute Gasteiger partial charge is 0.151 e. The van der Waals surface area contributed by atoms with Gasteiger partial charge in [0.1, 0.15) is 0 Å². The van der Waals surface area contributed by atoms with Crippen LogP contribution >= 0.6 is 15.9 Å². The predicted molar refractivity (Wildman–Crippen MR) is 129 cm³/mol. The molecule has 0 spiro atoms. The van der Waals surface area contributed by atoms with Crippen LogP contribution in [0, 0.1) is 0 Å². The standard InChI is InChI=1S/C26H17BrN4/c27-24-17-26(23-10-6-2-5-9-22(23)24)31-29-20-14-12-19(13-15-20)28-30-25-16-11-18-7-3-1-4-8-21(18)25/h1-17H. The lowest BCUT2D eigenvalue weighted by Gasteiger charge is -1.97. The van der Waals surface area contributed by atoms with Gasteiger partial charge in [-0.25, -0.2) is 0 Å². The van der Waals surface area contributed by atoms with E-state index in [9.17, 15) is 0 Å². The van der Waals surface area contributed by atoms with Gasteiger partial charge in [0, 0.05) is 15.6 Å². The number of benzene rings is 1. The van der Waals surface area contributed by atoms with E-state index >= 15 is 0 Å². The Hall–Kier alpha value is -3.70. The van der Waals surface area contributed by atoms with Gasteiger partial charge in [-0.2, -0.15) is 10.2 Å². The molecule has 0 aliphatic heterocycles. The van der Waals surface area contributed by atoms with Gasteiger partial charge >= 0.3 is 0 Å². The number of hydrogen-bond acceptors (Lipinski definition) is 4. The van der Waals surface area contributed by atoms with Gasteiger partial charge in [0.15, 0.2) is 0 Å². The van der Waals surface area contributed by atoms with Gasteiger partial charge in [-0.3, -0.25) is 0 Å². The van der Waals surface area contributed by atoms with Gasteiger partial charge in [-0.05, 0) is 47.5 Å². The Morgan fingerprint density at radius 2 is 1.03 bits per heavy atom. The molecule has 1 aromatic carbocycles. The Balaban J connectivity index is 1.34. The molecule has 0 heterocycles. The van der Waals surface area contributed by atoms with Crippen molar-refractivity contribution in [1.29, 1.82) is 0 Å². The van der Waals surface area contributed by atoms with Crippen LogP contribution in [-0.2, 0) is 0 Å². The van der Waals surface area contributed by atoms with Crippen LogP contribution in [-0.4, -0.2) is 0 Å². The van der Waals surface area contributed by atoms with Crippen LogP contribution < -0.4 is 0 Å². The first-order valence-corrected chi connectivity index (χ1v) is 10.7. The van der Waals surface area contributed by atoms with Crippen molar-refractivity contribution in [2.24, 2.45) is 20.5 Å². The van der Waals surface area contributed by atoms with Crippen LogP contribution in [0.2, 0.25) is 0 Å². The summed E-state index contributed by atoms with van der Waals surface area (Å²) in [6.45, 7) is 0. The van der Waals surface area contributed by atoms with E-state index < -0.39 is 0 Å². The van der Waals surface area contributed by atoms with E-state index in [1.807, 2.05) is 78.9 Å². The molecule has 0 saturated heterocycles. The summed E-state index contributed by atoms with van der Waals surface area (Å²) < 4.78 is 1.01. The Bertz CT molecular complexity index is 1340. The first-order chi connectivity index (χ1) is 15.3. The molecule has 0 fully saturated rings. The van der Waals surface area contributed by atoms with Gasteiger partial charge in [0.25, 0.3) is 0 Å². The van der Waals surface area contributed by atoms with Crippen molar-refractivity contribution in [1.82, 2.24) is 0 Å². The smallest absolute Gasteiger partial charge is 0.0947 e. The topological polar surface area (TPSA) is 49.4 Å². The molecule has 0 atom stereocenters. The van der Waals surface area contributed by atoms with Crippen molar-refractivity contribution in [3.05, 3.63) is 108 Å². The Morgan fingerprint density at radius 1 is 0.452 bits per heavy atom. The fraction of sp³-hybridized carbons (Fsp3) is 0. The molecule has 0 saturated carbocycles. The number of nitrogens with zero attached hydrogens (tertiary/aromatic N) is 4. The van der Waals surface area contributed by atoms with E-state index in [2.05, 4.69) is 60.7 Å². The lowest BCUT2D eigenvalue weighted by molar-refractivity contribution is 1.22. The van der Waals surface area contributed by atoms with E-state index in [-0.39, 0.29) is 0 Å². The average Bonchev–Trinajstić information content (AvgIpc) is 3.08. The monoisotopic (exact) mass is 464 g/mol. The molecule has 31 heavy (non-hydrogen) atoms. The molecule has 0 unspecified atom stereocenters. The zero-order valence-electron chi connectivity index (χ0n) is 16.5. The molecular weight excluding hydrogens is 448 g/mol. The highest BCUT2D eigenvalue weighted by Gasteiger charge is 2.12. The summed E-state index contributed by atoms with van der Waals surface area (Å²) in [6.07, 6.45) is 0. The van der Waals surface area contributed by atoms with Gasteiger partial charge in [0.2, 0.25) is 0 Å². The molecule has 0 aromatic heterocycles. The molecule has 0 bridgehead atoms. The van der Waals surface area contributed by atoms with Gasteiger partial charge < -0.3 is 0 Å². The second-order valence-electron chi connectivity index (χ2n) is 7.03. The molecule has 148 valence electrons. The Labute approximate surface area is 188 Å². The molecule has 0 amide bonds. The van der Waals surface area contributed by atoms with Crippen molar-refractivity contribution < 1.29 is 0 Å². The molecule has 4 aliphatic carbocycles. The van der Waals surface area contributed by atoms with Crippen molar-refractivity contribution >= 4 is 38.7 Å². The van der Waals surface area contributed by atoms with E-state index in [4.69, 9.17) is 0 Å². The van der Waals surface area contributed by atoms with Gasteiger partial charge in [-0.1, -0.05) is 82.7 Å². The second-order valence-corrected chi connectivity index (χ2v) is 7.88. The highest BCUT2D eigenvalue weighted by Crippen LogP contribution is 2.41. The molecule has 4 nitrogen and oxygen atoms in total. The van der Waals surface area contributed by atoms with Crippen LogP contribution in [0.4, 0.5) is 22.7 Å². The maximum atomic E-state index is 4.45. The summed E-state index contributed by atoms with van der Waals surface area (Å²) in [5, 5.41) is 17.6. The zero-order valence-corrected chi connectivity index (χ0v) is 18.1. The third-order valence-electron chi connectivity index (χ3n) is 5.00. The lowest BCUT2D eigenvalue weighted by Crippen LogP contribution is -1.68. The molecule has 0 radical (unpaired) electrons. The van der Waals surface area contributed by atoms with Crippen LogP contribution in [0.1, 0.15) is 0 Å². The van der Waals surface area contributed by atoms with Crippen LogP contribution in [0.25, 0.3) is 22.3 Å². The normalized spacial score (nSPS) is 11.8. The summed E-state index contributed by atoms with van der Waals surface area (Å²) in [4.78, 5) is 0. The molecule has 5 heteroatoms. The van der Waals surface area contributed by atoms with Crippen LogP contribution in [0.15, 0.2) is 128 Å². The van der Waals surface area contributed by atoms with Crippen molar-refractivity contribution in [3.63, 3.8) is 0 Å². The van der Waals surface area contributed by atoms with Crippen molar-refractivity contribution in [2.75, 3.05) is 0 Å². The van der Waals surface area contributed by atoms with E-state index in [1.54, 1.807) is 0 Å². The summed E-state index contributed by atoms with van der Waals surface area (Å²) in [5.41, 5.74) is 7.62. The third kappa shape index (κ3) is 4.13. The van der Waals surface area contributed by atoms with Gasteiger partial charge in [-0.15, -0.1) is 10.2 Å². The number of hydrogen-bond donors (Lipinski definition) is 0. The van der Waals surface area contributed by atoms with Crippen molar-refractivity contribution in [3.8, 4) is 22.3 Å². The minimum absolute atomic E-state index is 0.760. The third-order valence-corrected chi connectivity index (χ3v) is 5.66. The van der Waals surface area contributed by atoms with E-state index in [0.717, 1.165) is 49.5 Å². The number of halogens is 1. The maximum Gasteiger partial charge on any atom is 0.0947 e. The zero-order chi connectivity index (χ0) is 21.0. The van der Waals surface area contributed by atoms with E-state index in [1.165, 1.54) is 0 Å². The predicted octanol–water partition coefficient (Wildman–Crippen LogP) is 9.49. The second kappa shape index (κ2) is 8.58. The Morgan fingerprint density at radius 3 is 1.74 bits per heavy atom. The summed E-state index contributed by atoms with van der Waals surface area (Å²) >= 11 is 3.60. The molecular formula is C26H17BrN4. The lowest BCUT2D eigenvalue weighted by atomic mass is 10.2. The van der Waals surface area contributed by atoms with E-state index in [0.29, 0.717) is 0 Å². The highest BCUT2D eigenvalue weighted by molar-refractivity contribution is 9.10. The van der Waals surface area contributed by atoms with Crippen LogP contribution in [0.3, 0.4) is 0 Å². The first kappa shape index (κ1) is 19.3. The molecule has 0 N–H and O–H groups in total. The fourth-order valence-corrected chi connectivity index (χ4v) is 3.99. The molecule has 1 aromatic rings. The fourth-order valence-electron chi connectivity index (χ4n) is 3.43. The van der Waals surface area contributed by atoms with Crippen molar-refractivity contribution in [2.45, 2.75) is 0 Å². The maximum absolute atomic E-state index is 4.45. The van der Waals surface area contributed by atoms with Crippen LogP contribution in [0.5, 0.6) is 0 Å². The SMILES string of the molecule is Brc1cc(N=Nc2ccc(N=Nc3ccc4cccccc3-4)cc2)c2cccccc1-2. The molecule has 4 aliphatic rings. The first-order valence-electron chi connectivity index (χ1n) is 9.86. The average molecular weight is 465 g/mol. The van der Waals surface area contributed by atoms with Gasteiger partial charge in [0.05, 0.1) is 22.7 Å². The number of azo groups is 2. The minimum atomic E-state index is 0.760. The summed E-state index contributed by atoms with van der Waals surface area (Å²) in [6, 6.07) is 33.9. The molecule has 5 rings (SSSR count). The highest BCUT2D eigenvalue weighted by atomic mass is 79.9. The summed E-state index contributed by atoms with van der Waals surface area (Å²) in [5.74, 6) is 0. The summed E-state index contributed by atoms with van der Waals surface area (Å²) in [7, 11) is 0. The quantitative estimate of drug-likeness (QED) is 0.237. The Kier molecular flexibility index (Phi) is 5.33. The minimum Gasteiger partial charge on any atom is -0.151 e.